The van der Waals surface area contributed by atoms with Crippen molar-refractivity contribution in [3.8, 4) is 0 Å². The highest BCUT2D eigenvalue weighted by molar-refractivity contribution is 5.72. The molecule has 1 saturated heterocycles. The maximum atomic E-state index is 11.8. The molecule has 156 valence electrons. The summed E-state index contributed by atoms with van der Waals surface area (Å²) in [4.78, 5) is 14.2. The summed E-state index contributed by atoms with van der Waals surface area (Å²) in [5, 5.41) is 9.67. The van der Waals surface area contributed by atoms with Gasteiger partial charge in [-0.25, -0.2) is 4.79 Å². The van der Waals surface area contributed by atoms with E-state index in [0.29, 0.717) is 12.3 Å². The van der Waals surface area contributed by atoms with Crippen LogP contribution in [0.5, 0.6) is 0 Å². The fourth-order valence-electron chi connectivity index (χ4n) is 4.07. The Hall–Kier alpha value is -2.17. The van der Waals surface area contributed by atoms with Crippen LogP contribution in [-0.2, 0) is 9.53 Å². The molecule has 1 aliphatic heterocycles. The third kappa shape index (κ3) is 5.91. The Balaban J connectivity index is 1.83. The van der Waals surface area contributed by atoms with Crippen LogP contribution < -0.4 is 0 Å². The molecule has 1 fully saturated rings. The highest BCUT2D eigenvalue weighted by Gasteiger charge is 2.26. The summed E-state index contributed by atoms with van der Waals surface area (Å²) >= 11 is 0. The van der Waals surface area contributed by atoms with Crippen molar-refractivity contribution in [2.45, 2.75) is 51.2 Å². The van der Waals surface area contributed by atoms with Crippen molar-refractivity contribution >= 4 is 5.97 Å². The van der Waals surface area contributed by atoms with Crippen LogP contribution in [0.1, 0.15) is 61.8 Å². The number of hydrogen-bond acceptors (Lipinski definition) is 3. The van der Waals surface area contributed by atoms with Gasteiger partial charge < -0.3 is 14.7 Å². The number of piperidine rings is 1. The molecule has 0 bridgehead atoms. The molecule has 2 aromatic rings. The molecule has 0 unspecified atom stereocenters. The maximum Gasteiger partial charge on any atom is 0.332 e. The fraction of sp³-hybridized carbons (Fsp3) is 0.480. The minimum atomic E-state index is -0.900. The lowest BCUT2D eigenvalue weighted by atomic mass is 9.88. The smallest absolute Gasteiger partial charge is 0.332 e. The Kier molecular flexibility index (Phi) is 7.45. The Morgan fingerprint density at radius 1 is 1.03 bits per heavy atom. The third-order valence-corrected chi connectivity index (χ3v) is 5.79. The van der Waals surface area contributed by atoms with Gasteiger partial charge in [-0.1, -0.05) is 68.4 Å². The van der Waals surface area contributed by atoms with Crippen LogP contribution in [0.4, 0.5) is 0 Å². The third-order valence-electron chi connectivity index (χ3n) is 5.79. The molecule has 1 heterocycles. The number of aliphatic carboxylic acids is 1. The van der Waals surface area contributed by atoms with E-state index in [1.807, 2.05) is 44.2 Å². The van der Waals surface area contributed by atoms with Gasteiger partial charge in [-0.3, -0.25) is 0 Å². The summed E-state index contributed by atoms with van der Waals surface area (Å²) in [6.07, 6.45) is 1.65. The molecule has 1 aliphatic rings. The van der Waals surface area contributed by atoms with Crippen molar-refractivity contribution < 1.29 is 14.6 Å². The van der Waals surface area contributed by atoms with Gasteiger partial charge in [-0.15, -0.1) is 0 Å². The average molecular weight is 396 g/mol. The van der Waals surface area contributed by atoms with E-state index >= 15 is 0 Å². The molecule has 2 aromatic carbocycles. The van der Waals surface area contributed by atoms with Crippen LogP contribution >= 0.6 is 0 Å². The number of likely N-dealkylation sites (tertiary alicyclic amines) is 1. The van der Waals surface area contributed by atoms with Crippen molar-refractivity contribution in [3.05, 3.63) is 71.3 Å². The summed E-state index contributed by atoms with van der Waals surface area (Å²) in [6, 6.07) is 18.5. The molecule has 0 amide bonds. The average Bonchev–Trinajstić information content (AvgIpc) is 2.72. The summed E-state index contributed by atoms with van der Waals surface area (Å²) < 4.78 is 6.19. The first-order valence-corrected chi connectivity index (χ1v) is 10.7. The van der Waals surface area contributed by atoms with Crippen LogP contribution in [0.25, 0.3) is 0 Å². The number of ether oxygens (including phenoxy) is 1. The van der Waals surface area contributed by atoms with Crippen molar-refractivity contribution in [2.24, 2.45) is 5.92 Å². The van der Waals surface area contributed by atoms with E-state index in [1.165, 1.54) is 18.4 Å². The molecule has 0 aromatic heterocycles. The number of carboxylic acid groups (broad SMARTS) is 1. The summed E-state index contributed by atoms with van der Waals surface area (Å²) in [6.45, 7) is 6.32. The van der Waals surface area contributed by atoms with Gasteiger partial charge in [0.15, 0.2) is 6.10 Å². The zero-order valence-electron chi connectivity index (χ0n) is 17.8. The number of nitrogens with zero attached hydrogens (tertiary/aromatic N) is 1. The second-order valence-corrected chi connectivity index (χ2v) is 8.63. The molecule has 4 nitrogen and oxygen atoms in total. The Bertz CT molecular complexity index is 764. The van der Waals surface area contributed by atoms with Crippen molar-refractivity contribution in [1.82, 2.24) is 4.90 Å². The fourth-order valence-corrected chi connectivity index (χ4v) is 4.07. The minimum Gasteiger partial charge on any atom is -0.479 e. The number of rotatable bonds is 8. The Morgan fingerprint density at radius 2 is 1.62 bits per heavy atom. The highest BCUT2D eigenvalue weighted by atomic mass is 16.5. The van der Waals surface area contributed by atoms with E-state index in [0.717, 1.165) is 24.2 Å². The van der Waals surface area contributed by atoms with E-state index in [-0.39, 0.29) is 12.0 Å². The summed E-state index contributed by atoms with van der Waals surface area (Å²) in [5.74, 6) is -0.0500. The van der Waals surface area contributed by atoms with Gasteiger partial charge in [-0.2, -0.15) is 0 Å². The molecule has 29 heavy (non-hydrogen) atoms. The standard InChI is InChI=1S/C25H33NO3/c1-18(2)17-23(25(27)28)29-24(21-7-5-4-6-8-21)22-11-9-19(10-12-22)20-13-15-26(3)16-14-20/h4-12,18,20,23-24H,13-17H2,1-3H3,(H,27,28)/t23-,24+/m0/s1. The lowest BCUT2D eigenvalue weighted by molar-refractivity contribution is -0.154. The van der Waals surface area contributed by atoms with Gasteiger partial charge in [0.2, 0.25) is 0 Å². The Labute approximate surface area is 174 Å². The lowest BCUT2D eigenvalue weighted by Crippen LogP contribution is -2.29. The molecule has 4 heteroatoms. The van der Waals surface area contributed by atoms with Gasteiger partial charge >= 0.3 is 5.97 Å². The first kappa shape index (κ1) is 21.5. The SMILES string of the molecule is CC(C)C[C@H](O[C@H](c1ccccc1)c1ccc(C2CCN(C)CC2)cc1)C(=O)O. The Morgan fingerprint density at radius 3 is 2.17 bits per heavy atom. The van der Waals surface area contributed by atoms with Crippen LogP contribution in [0, 0.1) is 5.92 Å². The van der Waals surface area contributed by atoms with Crippen LogP contribution in [-0.4, -0.2) is 42.2 Å². The first-order chi connectivity index (χ1) is 13.9. The minimum absolute atomic E-state index is 0.249. The van der Waals surface area contributed by atoms with Gasteiger partial charge in [0, 0.05) is 0 Å². The van der Waals surface area contributed by atoms with Crippen molar-refractivity contribution in [3.63, 3.8) is 0 Å². The van der Waals surface area contributed by atoms with E-state index < -0.39 is 12.1 Å². The van der Waals surface area contributed by atoms with Gasteiger partial charge in [-0.05, 0) is 67.9 Å². The number of hydrogen-bond donors (Lipinski definition) is 1. The largest absolute Gasteiger partial charge is 0.479 e. The molecule has 2 atom stereocenters. The summed E-state index contributed by atoms with van der Waals surface area (Å²) in [7, 11) is 2.18. The second kappa shape index (κ2) is 10.0. The molecule has 0 spiro atoms. The monoisotopic (exact) mass is 395 g/mol. The molecular formula is C25H33NO3. The van der Waals surface area contributed by atoms with E-state index in [2.05, 4.69) is 36.2 Å². The molecule has 0 saturated carbocycles. The van der Waals surface area contributed by atoms with Gasteiger partial charge in [0.1, 0.15) is 6.10 Å². The molecule has 3 rings (SSSR count). The zero-order chi connectivity index (χ0) is 20.8. The topological polar surface area (TPSA) is 49.8 Å². The van der Waals surface area contributed by atoms with Crippen molar-refractivity contribution in [2.75, 3.05) is 20.1 Å². The van der Waals surface area contributed by atoms with Crippen LogP contribution in [0.3, 0.4) is 0 Å². The van der Waals surface area contributed by atoms with Gasteiger partial charge in [0.25, 0.3) is 0 Å². The zero-order valence-corrected chi connectivity index (χ0v) is 17.8. The molecule has 0 aliphatic carbocycles. The van der Waals surface area contributed by atoms with E-state index in [9.17, 15) is 9.90 Å². The molecular weight excluding hydrogens is 362 g/mol. The van der Waals surface area contributed by atoms with Crippen LogP contribution in [0.2, 0.25) is 0 Å². The van der Waals surface area contributed by atoms with Gasteiger partial charge in [0.05, 0.1) is 0 Å². The molecule has 1 N–H and O–H groups in total. The first-order valence-electron chi connectivity index (χ1n) is 10.7. The second-order valence-electron chi connectivity index (χ2n) is 8.63. The maximum absolute atomic E-state index is 11.8. The normalized spacial score (nSPS) is 17.9. The van der Waals surface area contributed by atoms with Crippen LogP contribution in [0.15, 0.2) is 54.6 Å². The molecule has 0 radical (unpaired) electrons. The number of carboxylic acids is 1. The van der Waals surface area contributed by atoms with E-state index in [1.54, 1.807) is 0 Å². The summed E-state index contributed by atoms with van der Waals surface area (Å²) in [5.41, 5.74) is 3.35. The van der Waals surface area contributed by atoms with E-state index in [4.69, 9.17) is 4.74 Å². The highest BCUT2D eigenvalue weighted by Crippen LogP contribution is 2.32. The predicted molar refractivity (Wildman–Crippen MR) is 116 cm³/mol. The van der Waals surface area contributed by atoms with Crippen molar-refractivity contribution in [1.29, 1.82) is 0 Å². The quantitative estimate of drug-likeness (QED) is 0.675. The lowest BCUT2D eigenvalue weighted by Gasteiger charge is -2.29. The predicted octanol–water partition coefficient (Wildman–Crippen LogP) is 5.10. The number of carbonyl (C=O) groups is 1. The number of benzene rings is 2.